The Morgan fingerprint density at radius 1 is 1.07 bits per heavy atom. The van der Waals surface area contributed by atoms with E-state index in [4.69, 9.17) is 0 Å². The lowest BCUT2D eigenvalue weighted by Crippen LogP contribution is -1.87. The molecule has 0 unspecified atom stereocenters. The summed E-state index contributed by atoms with van der Waals surface area (Å²) in [6.07, 6.45) is 6.60. The SMILES string of the molecule is C=C\C=N/C(/N=C(/C)C=C)=C(/C)C=C. The van der Waals surface area contributed by atoms with Crippen molar-refractivity contribution < 1.29 is 0 Å². The highest BCUT2D eigenvalue weighted by Crippen LogP contribution is 2.08. The Kier molecular flexibility index (Phi) is 5.95. The summed E-state index contributed by atoms with van der Waals surface area (Å²) in [5.41, 5.74) is 1.74. The molecule has 2 heteroatoms. The van der Waals surface area contributed by atoms with Gasteiger partial charge in [0.05, 0.1) is 0 Å². The number of aliphatic imine (C=N–C) groups is 2. The van der Waals surface area contributed by atoms with E-state index in [0.717, 1.165) is 11.3 Å². The van der Waals surface area contributed by atoms with Crippen molar-refractivity contribution in [1.29, 1.82) is 0 Å². The van der Waals surface area contributed by atoms with Crippen molar-refractivity contribution in [2.45, 2.75) is 13.8 Å². The van der Waals surface area contributed by atoms with Crippen LogP contribution in [0.25, 0.3) is 0 Å². The molecule has 0 saturated heterocycles. The molecule has 0 aromatic heterocycles. The smallest absolute Gasteiger partial charge is 0.154 e. The van der Waals surface area contributed by atoms with E-state index in [1.165, 1.54) is 0 Å². The van der Waals surface area contributed by atoms with Gasteiger partial charge in [-0.1, -0.05) is 31.9 Å². The first-order chi connectivity index (χ1) is 6.65. The molecule has 0 spiro atoms. The Balaban J connectivity index is 5.11. The molecule has 0 bridgehead atoms. The molecular weight excluding hydrogens is 172 g/mol. The van der Waals surface area contributed by atoms with E-state index in [0.29, 0.717) is 5.82 Å². The zero-order chi connectivity index (χ0) is 11.0. The molecule has 0 N–H and O–H groups in total. The minimum Gasteiger partial charge on any atom is -0.237 e. The molecule has 74 valence electrons. The van der Waals surface area contributed by atoms with Gasteiger partial charge >= 0.3 is 0 Å². The van der Waals surface area contributed by atoms with Crippen LogP contribution in [-0.2, 0) is 0 Å². The summed E-state index contributed by atoms with van der Waals surface area (Å²) in [5.74, 6) is 0.636. The van der Waals surface area contributed by atoms with Gasteiger partial charge in [0.15, 0.2) is 5.82 Å². The standard InChI is InChI=1S/C12H16N2/c1-6-9-13-12(10(4)7-2)14-11(5)8-3/h6-9H,1-3H2,4-5H3/b12-10+,13-9-,14-11-. The van der Waals surface area contributed by atoms with Gasteiger partial charge < -0.3 is 0 Å². The Labute approximate surface area is 85.8 Å². The van der Waals surface area contributed by atoms with E-state index < -0.39 is 0 Å². The van der Waals surface area contributed by atoms with Crippen LogP contribution in [0.1, 0.15) is 13.8 Å². The minimum atomic E-state index is 0.636. The molecule has 0 heterocycles. The third kappa shape index (κ3) is 4.36. The Hall–Kier alpha value is -1.70. The monoisotopic (exact) mass is 188 g/mol. The van der Waals surface area contributed by atoms with Crippen molar-refractivity contribution in [2.75, 3.05) is 0 Å². The van der Waals surface area contributed by atoms with E-state index >= 15 is 0 Å². The zero-order valence-electron chi connectivity index (χ0n) is 8.83. The lowest BCUT2D eigenvalue weighted by molar-refractivity contribution is 1.19. The van der Waals surface area contributed by atoms with E-state index in [-0.39, 0.29) is 0 Å². The molecule has 0 atom stereocenters. The maximum Gasteiger partial charge on any atom is 0.154 e. The predicted molar refractivity (Wildman–Crippen MR) is 64.9 cm³/mol. The molecule has 0 aromatic rings. The van der Waals surface area contributed by atoms with Crippen molar-refractivity contribution in [3.8, 4) is 0 Å². The third-order valence-corrected chi connectivity index (χ3v) is 1.54. The quantitative estimate of drug-likeness (QED) is 0.467. The number of allylic oxidation sites excluding steroid dienone is 4. The lowest BCUT2D eigenvalue weighted by atomic mass is 10.3. The highest BCUT2D eigenvalue weighted by atomic mass is 15.0. The van der Waals surface area contributed by atoms with E-state index in [2.05, 4.69) is 29.7 Å². The molecule has 0 saturated carbocycles. The summed E-state index contributed by atoms with van der Waals surface area (Å²) < 4.78 is 0. The van der Waals surface area contributed by atoms with E-state index in [1.807, 2.05) is 13.8 Å². The largest absolute Gasteiger partial charge is 0.237 e. The maximum absolute atomic E-state index is 4.26. The molecule has 0 fully saturated rings. The first kappa shape index (κ1) is 12.3. The number of hydrogen-bond acceptors (Lipinski definition) is 2. The Bertz CT molecular complexity index is 317. The Morgan fingerprint density at radius 2 is 1.71 bits per heavy atom. The van der Waals surface area contributed by atoms with Crippen molar-refractivity contribution in [1.82, 2.24) is 0 Å². The summed E-state index contributed by atoms with van der Waals surface area (Å²) >= 11 is 0. The van der Waals surface area contributed by atoms with Gasteiger partial charge in [-0.15, -0.1) is 0 Å². The second-order valence-electron chi connectivity index (χ2n) is 2.68. The first-order valence-electron chi connectivity index (χ1n) is 4.31. The molecule has 0 aliphatic rings. The number of nitrogens with zero attached hydrogens (tertiary/aromatic N) is 2. The summed E-state index contributed by atoms with van der Waals surface area (Å²) in [6, 6.07) is 0. The van der Waals surface area contributed by atoms with Crippen LogP contribution < -0.4 is 0 Å². The average Bonchev–Trinajstić information content (AvgIpc) is 2.22. The Morgan fingerprint density at radius 3 is 2.14 bits per heavy atom. The number of hydrogen-bond donors (Lipinski definition) is 0. The van der Waals surface area contributed by atoms with E-state index in [9.17, 15) is 0 Å². The van der Waals surface area contributed by atoms with Crippen LogP contribution in [0.15, 0.2) is 59.3 Å². The van der Waals surface area contributed by atoms with Gasteiger partial charge in [-0.25, -0.2) is 9.98 Å². The predicted octanol–water partition coefficient (Wildman–Crippen LogP) is 3.31. The van der Waals surface area contributed by atoms with Crippen LogP contribution in [-0.4, -0.2) is 11.9 Å². The van der Waals surface area contributed by atoms with Gasteiger partial charge in [0.25, 0.3) is 0 Å². The lowest BCUT2D eigenvalue weighted by Gasteiger charge is -1.98. The van der Waals surface area contributed by atoms with Crippen molar-refractivity contribution in [2.24, 2.45) is 9.98 Å². The molecule has 0 aliphatic heterocycles. The molecule has 0 radical (unpaired) electrons. The molecule has 0 aromatic carbocycles. The van der Waals surface area contributed by atoms with Crippen LogP contribution in [0.3, 0.4) is 0 Å². The van der Waals surface area contributed by atoms with Crippen molar-refractivity contribution >= 4 is 11.9 Å². The molecule has 0 amide bonds. The fourth-order valence-electron chi connectivity index (χ4n) is 0.646. The molecular formula is C12H16N2. The number of rotatable bonds is 5. The summed E-state index contributed by atoms with van der Waals surface area (Å²) in [4.78, 5) is 8.40. The highest BCUT2D eigenvalue weighted by molar-refractivity contribution is 5.93. The van der Waals surface area contributed by atoms with Crippen LogP contribution >= 0.6 is 0 Å². The van der Waals surface area contributed by atoms with Gasteiger partial charge in [0.2, 0.25) is 0 Å². The summed E-state index contributed by atoms with van der Waals surface area (Å²) in [5, 5.41) is 0. The fraction of sp³-hybridized carbons (Fsp3) is 0.167. The van der Waals surface area contributed by atoms with Gasteiger partial charge in [0, 0.05) is 11.9 Å². The van der Waals surface area contributed by atoms with Crippen LogP contribution in [0.2, 0.25) is 0 Å². The minimum absolute atomic E-state index is 0.636. The second kappa shape index (κ2) is 6.78. The highest BCUT2D eigenvalue weighted by Gasteiger charge is 1.94. The van der Waals surface area contributed by atoms with Crippen LogP contribution in [0.5, 0.6) is 0 Å². The van der Waals surface area contributed by atoms with Gasteiger partial charge in [-0.3, -0.25) is 0 Å². The van der Waals surface area contributed by atoms with Crippen molar-refractivity contribution in [3.63, 3.8) is 0 Å². The fourth-order valence-corrected chi connectivity index (χ4v) is 0.646. The zero-order valence-corrected chi connectivity index (χ0v) is 8.83. The normalized spacial score (nSPS) is 13.7. The topological polar surface area (TPSA) is 24.7 Å². The second-order valence-corrected chi connectivity index (χ2v) is 2.68. The van der Waals surface area contributed by atoms with Gasteiger partial charge in [-0.05, 0) is 25.5 Å². The van der Waals surface area contributed by atoms with Crippen LogP contribution in [0, 0.1) is 0 Å². The van der Waals surface area contributed by atoms with Gasteiger partial charge in [-0.2, -0.15) is 0 Å². The molecule has 2 nitrogen and oxygen atoms in total. The summed E-state index contributed by atoms with van der Waals surface area (Å²) in [7, 11) is 0. The summed E-state index contributed by atoms with van der Waals surface area (Å²) in [6.45, 7) is 14.6. The van der Waals surface area contributed by atoms with Crippen LogP contribution in [0.4, 0.5) is 0 Å². The molecule has 0 rings (SSSR count). The maximum atomic E-state index is 4.26. The third-order valence-electron chi connectivity index (χ3n) is 1.54. The van der Waals surface area contributed by atoms with E-state index in [1.54, 1.807) is 24.4 Å². The molecule has 0 aliphatic carbocycles. The van der Waals surface area contributed by atoms with Gasteiger partial charge in [0.1, 0.15) is 0 Å². The van der Waals surface area contributed by atoms with Crippen molar-refractivity contribution in [3.05, 3.63) is 49.4 Å². The molecule has 14 heavy (non-hydrogen) atoms. The average molecular weight is 188 g/mol. The first-order valence-corrected chi connectivity index (χ1v) is 4.31.